The molecule has 0 saturated heterocycles. The van der Waals surface area contributed by atoms with Crippen LogP contribution in [0.2, 0.25) is 5.02 Å². The van der Waals surface area contributed by atoms with Crippen LogP contribution >= 0.6 is 11.6 Å². The SMILES string of the molecule is Nc1ncnc2c1c(Cl)cn2[C@@H]1C[C@H](c2ccc3cc(CNCC45CC(F)(C4)C5)[nH]c3c2)[C@@H](O)[C@H]1O. The summed E-state index contributed by atoms with van der Waals surface area (Å²) in [5, 5.41) is 27.5. The van der Waals surface area contributed by atoms with E-state index < -0.39 is 23.9 Å². The highest BCUT2D eigenvalue weighted by Crippen LogP contribution is 2.69. The first-order valence-corrected chi connectivity index (χ1v) is 12.8. The van der Waals surface area contributed by atoms with Gasteiger partial charge in [0.1, 0.15) is 29.6 Å². The van der Waals surface area contributed by atoms with E-state index >= 15 is 0 Å². The van der Waals surface area contributed by atoms with Crippen LogP contribution in [0.5, 0.6) is 0 Å². The van der Waals surface area contributed by atoms with Gasteiger partial charge in [0.15, 0.2) is 0 Å². The van der Waals surface area contributed by atoms with Crippen LogP contribution < -0.4 is 11.1 Å². The van der Waals surface area contributed by atoms with Gasteiger partial charge in [-0.3, -0.25) is 0 Å². The smallest absolute Gasteiger partial charge is 0.147 e. The number of aliphatic hydroxyl groups is 2. The number of nitrogen functional groups attached to an aromatic ring is 1. The molecule has 6 N–H and O–H groups in total. The molecule has 0 amide bonds. The number of H-pyrrole nitrogens is 1. The Hall–Kier alpha value is -2.72. The van der Waals surface area contributed by atoms with E-state index in [0.717, 1.165) is 28.7 Å². The van der Waals surface area contributed by atoms with E-state index in [2.05, 4.69) is 32.4 Å². The molecule has 2 bridgehead atoms. The van der Waals surface area contributed by atoms with Crippen molar-refractivity contribution < 1.29 is 14.6 Å². The lowest BCUT2D eigenvalue weighted by Gasteiger charge is -2.66. The van der Waals surface area contributed by atoms with Crippen LogP contribution in [-0.2, 0) is 6.54 Å². The average Bonchev–Trinajstić information content (AvgIpc) is 3.46. The molecule has 1 aromatic carbocycles. The number of fused-ring (bicyclic) bond motifs is 2. The molecule has 3 heterocycles. The highest BCUT2D eigenvalue weighted by atomic mass is 35.5. The van der Waals surface area contributed by atoms with Crippen LogP contribution in [0.25, 0.3) is 21.9 Å². The Balaban J connectivity index is 1.10. The predicted octanol–water partition coefficient (Wildman–Crippen LogP) is 3.58. The normalized spacial score (nSPS) is 33.2. The number of nitrogens with two attached hydrogens (primary N) is 1. The fourth-order valence-electron chi connectivity index (χ4n) is 6.97. The molecule has 188 valence electrons. The summed E-state index contributed by atoms with van der Waals surface area (Å²) in [4.78, 5) is 11.8. The number of rotatable bonds is 6. The lowest BCUT2D eigenvalue weighted by atomic mass is 9.42. The topological polar surface area (TPSA) is 125 Å². The Kier molecular flexibility index (Phi) is 4.77. The first-order chi connectivity index (χ1) is 17.2. The fraction of sp³-hybridized carbons (Fsp3) is 0.462. The second kappa shape index (κ2) is 7.64. The van der Waals surface area contributed by atoms with E-state index in [9.17, 15) is 14.6 Å². The maximum Gasteiger partial charge on any atom is 0.147 e. The van der Waals surface area contributed by atoms with Gasteiger partial charge in [-0.05, 0) is 54.2 Å². The van der Waals surface area contributed by atoms with Gasteiger partial charge in [0, 0.05) is 36.4 Å². The monoisotopic (exact) mass is 510 g/mol. The third-order valence-electron chi connectivity index (χ3n) is 8.62. The molecule has 8 rings (SSSR count). The van der Waals surface area contributed by atoms with Crippen molar-refractivity contribution in [2.75, 3.05) is 12.3 Å². The van der Waals surface area contributed by atoms with Gasteiger partial charge in [-0.15, -0.1) is 0 Å². The molecular weight excluding hydrogens is 483 g/mol. The van der Waals surface area contributed by atoms with E-state index in [1.807, 2.05) is 12.1 Å². The van der Waals surface area contributed by atoms with Crippen molar-refractivity contribution in [1.82, 2.24) is 24.8 Å². The summed E-state index contributed by atoms with van der Waals surface area (Å²) in [7, 11) is 0. The number of nitrogens with zero attached hydrogens (tertiary/aromatic N) is 3. The Morgan fingerprint density at radius 3 is 2.78 bits per heavy atom. The lowest BCUT2D eigenvalue weighted by Crippen LogP contribution is -2.67. The molecule has 8 nitrogen and oxygen atoms in total. The second-order valence-electron chi connectivity index (χ2n) is 11.2. The Morgan fingerprint density at radius 1 is 1.19 bits per heavy atom. The van der Waals surface area contributed by atoms with Gasteiger partial charge in [0.2, 0.25) is 0 Å². The summed E-state index contributed by atoms with van der Waals surface area (Å²) >= 11 is 6.40. The van der Waals surface area contributed by atoms with Crippen molar-refractivity contribution in [3.63, 3.8) is 0 Å². The number of aliphatic hydroxyl groups excluding tert-OH is 2. The van der Waals surface area contributed by atoms with Gasteiger partial charge >= 0.3 is 0 Å². The molecule has 10 heteroatoms. The number of hydrogen-bond acceptors (Lipinski definition) is 6. The number of halogens is 2. The summed E-state index contributed by atoms with van der Waals surface area (Å²) in [5.41, 5.74) is 8.86. The molecule has 4 aliphatic carbocycles. The second-order valence-corrected chi connectivity index (χ2v) is 11.6. The summed E-state index contributed by atoms with van der Waals surface area (Å²) in [6, 6.07) is 7.82. The van der Waals surface area contributed by atoms with Gasteiger partial charge in [-0.1, -0.05) is 23.7 Å². The van der Waals surface area contributed by atoms with Crippen LogP contribution in [0, 0.1) is 5.41 Å². The summed E-state index contributed by atoms with van der Waals surface area (Å²) in [6.07, 6.45) is 3.76. The predicted molar refractivity (Wildman–Crippen MR) is 135 cm³/mol. The van der Waals surface area contributed by atoms with Gasteiger partial charge < -0.3 is 30.8 Å². The molecule has 3 aromatic heterocycles. The van der Waals surface area contributed by atoms with Crippen LogP contribution in [0.1, 0.15) is 48.9 Å². The van der Waals surface area contributed by atoms with Crippen molar-refractivity contribution in [1.29, 1.82) is 0 Å². The maximum atomic E-state index is 13.7. The largest absolute Gasteiger partial charge is 0.390 e. The zero-order valence-electron chi connectivity index (χ0n) is 19.6. The molecule has 4 atom stereocenters. The maximum absolute atomic E-state index is 13.7. The minimum Gasteiger partial charge on any atom is -0.390 e. The van der Waals surface area contributed by atoms with E-state index in [0.29, 0.717) is 48.3 Å². The number of anilines is 1. The van der Waals surface area contributed by atoms with Crippen molar-refractivity contribution in [2.24, 2.45) is 5.41 Å². The first kappa shape index (κ1) is 22.5. The van der Waals surface area contributed by atoms with Crippen LogP contribution in [-0.4, -0.2) is 54.2 Å². The summed E-state index contributed by atoms with van der Waals surface area (Å²) in [5.74, 6) is 0.0263. The Labute approximate surface area is 211 Å². The van der Waals surface area contributed by atoms with Crippen molar-refractivity contribution in [2.45, 2.75) is 62.1 Å². The molecule has 0 unspecified atom stereocenters. The number of benzene rings is 1. The molecule has 0 spiro atoms. The Morgan fingerprint density at radius 2 is 2.00 bits per heavy atom. The zero-order valence-corrected chi connectivity index (χ0v) is 20.3. The van der Waals surface area contributed by atoms with Gasteiger partial charge in [0.05, 0.1) is 22.6 Å². The van der Waals surface area contributed by atoms with Gasteiger partial charge in [-0.2, -0.15) is 0 Å². The quantitative estimate of drug-likeness (QED) is 0.270. The molecule has 0 aliphatic heterocycles. The van der Waals surface area contributed by atoms with E-state index in [4.69, 9.17) is 17.3 Å². The molecule has 4 saturated carbocycles. The number of aromatic amines is 1. The van der Waals surface area contributed by atoms with E-state index in [1.54, 1.807) is 10.8 Å². The Bertz CT molecular complexity index is 1480. The molecule has 4 fully saturated rings. The molecule has 4 aromatic rings. The fourth-order valence-corrected chi connectivity index (χ4v) is 7.26. The third kappa shape index (κ3) is 3.30. The summed E-state index contributed by atoms with van der Waals surface area (Å²) in [6.45, 7) is 1.55. The van der Waals surface area contributed by atoms with Crippen LogP contribution in [0.3, 0.4) is 0 Å². The van der Waals surface area contributed by atoms with Gasteiger partial charge in [0.25, 0.3) is 0 Å². The lowest BCUT2D eigenvalue weighted by molar-refractivity contribution is -0.209. The van der Waals surface area contributed by atoms with Crippen molar-refractivity contribution in [3.05, 3.63) is 53.1 Å². The first-order valence-electron chi connectivity index (χ1n) is 12.4. The van der Waals surface area contributed by atoms with Crippen LogP contribution in [0.4, 0.5) is 10.2 Å². The zero-order chi connectivity index (χ0) is 24.8. The standard InChI is InChI=1S/C26H28ClFN6O2/c27-17-7-34(24-20(17)23(29)31-12-32-24)19-5-16(21(35)22(19)36)13-1-2-14-3-15(33-18(14)4-13)6-30-11-25-8-26(28,9-25)10-25/h1-4,7,12,16,19,21-22,30,33,35-36H,5-6,8-11H2,(H2,29,31,32)/t16-,19-,21-,22+,25?,26?/m1/s1. The average molecular weight is 511 g/mol. The highest BCUT2D eigenvalue weighted by molar-refractivity contribution is 6.36. The number of alkyl halides is 1. The van der Waals surface area contributed by atoms with Crippen molar-refractivity contribution in [3.8, 4) is 0 Å². The van der Waals surface area contributed by atoms with Crippen molar-refractivity contribution >= 4 is 39.4 Å². The molecular formula is C26H28ClFN6O2. The minimum atomic E-state index is -0.989. The molecule has 0 radical (unpaired) electrons. The number of nitrogens with one attached hydrogen (secondary N) is 2. The molecule has 36 heavy (non-hydrogen) atoms. The number of aromatic nitrogens is 4. The van der Waals surface area contributed by atoms with E-state index in [1.165, 1.54) is 6.33 Å². The third-order valence-corrected chi connectivity index (χ3v) is 8.91. The number of hydrogen-bond donors (Lipinski definition) is 5. The van der Waals surface area contributed by atoms with E-state index in [-0.39, 0.29) is 17.2 Å². The summed E-state index contributed by atoms with van der Waals surface area (Å²) < 4.78 is 15.5. The van der Waals surface area contributed by atoms with Gasteiger partial charge in [-0.25, -0.2) is 14.4 Å². The molecule has 4 aliphatic rings. The van der Waals surface area contributed by atoms with Crippen LogP contribution in [0.15, 0.2) is 36.8 Å². The minimum absolute atomic E-state index is 0.178. The highest BCUT2D eigenvalue weighted by Gasteiger charge is 2.68.